The van der Waals surface area contributed by atoms with Gasteiger partial charge in [0.2, 0.25) is 5.91 Å². The predicted molar refractivity (Wildman–Crippen MR) is 64.4 cm³/mol. The highest BCUT2D eigenvalue weighted by Crippen LogP contribution is 2.28. The van der Waals surface area contributed by atoms with E-state index in [1.165, 1.54) is 5.56 Å². The number of hydrogen-bond acceptors (Lipinski definition) is 3. The molecule has 94 valence electrons. The fourth-order valence-electron chi connectivity index (χ4n) is 1.99. The predicted octanol–water partition coefficient (Wildman–Crippen LogP) is -0.00910. The molecule has 2 heterocycles. The van der Waals surface area contributed by atoms with Gasteiger partial charge >= 0.3 is 0 Å². The Balaban J connectivity index is 1.87. The average molecular weight is 237 g/mol. The minimum absolute atomic E-state index is 0.0989. The molecule has 0 aromatic carbocycles. The molecule has 0 spiro atoms. The van der Waals surface area contributed by atoms with Crippen LogP contribution in [0.5, 0.6) is 0 Å². The number of amides is 1. The van der Waals surface area contributed by atoms with Crippen molar-refractivity contribution in [1.29, 1.82) is 0 Å². The molecule has 17 heavy (non-hydrogen) atoms. The number of aromatic amines is 1. The third-order valence-corrected chi connectivity index (χ3v) is 3.35. The number of rotatable bonds is 5. The van der Waals surface area contributed by atoms with Gasteiger partial charge in [-0.1, -0.05) is 0 Å². The Morgan fingerprint density at radius 2 is 2.41 bits per heavy atom. The molecular weight excluding hydrogens is 218 g/mol. The molecule has 2 rings (SSSR count). The van der Waals surface area contributed by atoms with E-state index in [1.807, 2.05) is 25.5 Å². The summed E-state index contributed by atoms with van der Waals surface area (Å²) in [7, 11) is 1.82. The average Bonchev–Trinajstić information content (AvgIpc) is 2.77. The minimum Gasteiger partial charge on any atom is -0.379 e. The number of nitrogens with zero attached hydrogens (tertiary/aromatic N) is 1. The Labute approximate surface area is 101 Å². The summed E-state index contributed by atoms with van der Waals surface area (Å²) >= 11 is 0. The SMILES string of the molecule is CN(CCc1cc[nH]c1)C(=O)C1(CN)COC1. The lowest BCUT2D eigenvalue weighted by molar-refractivity contribution is -0.169. The van der Waals surface area contributed by atoms with Crippen LogP contribution in [0.25, 0.3) is 0 Å². The van der Waals surface area contributed by atoms with E-state index in [9.17, 15) is 4.79 Å². The second kappa shape index (κ2) is 4.89. The van der Waals surface area contributed by atoms with E-state index in [4.69, 9.17) is 10.5 Å². The summed E-state index contributed by atoms with van der Waals surface area (Å²) < 4.78 is 5.12. The summed E-state index contributed by atoms with van der Waals surface area (Å²) in [6.07, 6.45) is 4.69. The Kier molecular flexibility index (Phi) is 3.49. The lowest BCUT2D eigenvalue weighted by Gasteiger charge is -2.41. The second-order valence-corrected chi connectivity index (χ2v) is 4.67. The number of hydrogen-bond donors (Lipinski definition) is 2. The summed E-state index contributed by atoms with van der Waals surface area (Å²) in [5.74, 6) is 0.0989. The molecule has 0 radical (unpaired) electrons. The minimum atomic E-state index is -0.465. The topological polar surface area (TPSA) is 71.4 Å². The highest BCUT2D eigenvalue weighted by molar-refractivity contribution is 5.84. The Morgan fingerprint density at radius 3 is 2.88 bits per heavy atom. The van der Waals surface area contributed by atoms with Gasteiger partial charge in [0.1, 0.15) is 5.41 Å². The van der Waals surface area contributed by atoms with Gasteiger partial charge in [0, 0.05) is 32.5 Å². The maximum Gasteiger partial charge on any atom is 0.234 e. The maximum absolute atomic E-state index is 12.2. The summed E-state index contributed by atoms with van der Waals surface area (Å²) in [5, 5.41) is 0. The number of carbonyl (C=O) groups excluding carboxylic acids is 1. The number of ether oxygens (including phenoxy) is 1. The quantitative estimate of drug-likeness (QED) is 0.756. The number of carbonyl (C=O) groups is 1. The Bertz CT molecular complexity index is 366. The van der Waals surface area contributed by atoms with Crippen LogP contribution in [0.1, 0.15) is 5.56 Å². The molecular formula is C12H19N3O2. The molecule has 0 atom stereocenters. The van der Waals surface area contributed by atoms with Crippen LogP contribution in [0.15, 0.2) is 18.5 Å². The van der Waals surface area contributed by atoms with Gasteiger partial charge in [-0.3, -0.25) is 4.79 Å². The molecule has 1 amide bonds. The van der Waals surface area contributed by atoms with E-state index >= 15 is 0 Å². The zero-order valence-electron chi connectivity index (χ0n) is 10.1. The molecule has 3 N–H and O–H groups in total. The van der Waals surface area contributed by atoms with Gasteiger partial charge in [-0.2, -0.15) is 0 Å². The normalized spacial score (nSPS) is 17.5. The van der Waals surface area contributed by atoms with Crippen molar-refractivity contribution in [3.63, 3.8) is 0 Å². The molecule has 1 aromatic heterocycles. The first kappa shape index (κ1) is 12.1. The van der Waals surface area contributed by atoms with Crippen molar-refractivity contribution in [3.8, 4) is 0 Å². The van der Waals surface area contributed by atoms with E-state index in [-0.39, 0.29) is 5.91 Å². The van der Waals surface area contributed by atoms with Crippen LogP contribution >= 0.6 is 0 Å². The first-order valence-electron chi connectivity index (χ1n) is 5.83. The van der Waals surface area contributed by atoms with Crippen LogP contribution in [-0.4, -0.2) is 49.1 Å². The lowest BCUT2D eigenvalue weighted by Crippen LogP contribution is -2.58. The summed E-state index contributed by atoms with van der Waals surface area (Å²) in [5.41, 5.74) is 6.41. The second-order valence-electron chi connectivity index (χ2n) is 4.67. The standard InChI is InChI=1S/C12H19N3O2/c1-15(5-3-10-2-4-14-6-10)11(16)12(7-13)8-17-9-12/h2,4,6,14H,3,5,7-9,13H2,1H3. The summed E-state index contributed by atoms with van der Waals surface area (Å²) in [6, 6.07) is 2.02. The third kappa shape index (κ3) is 2.35. The van der Waals surface area contributed by atoms with E-state index in [1.54, 1.807) is 4.90 Å². The van der Waals surface area contributed by atoms with Gasteiger partial charge in [0.05, 0.1) is 13.2 Å². The van der Waals surface area contributed by atoms with Crippen molar-refractivity contribution < 1.29 is 9.53 Å². The third-order valence-electron chi connectivity index (χ3n) is 3.35. The summed E-state index contributed by atoms with van der Waals surface area (Å²) in [4.78, 5) is 17.0. The van der Waals surface area contributed by atoms with Gasteiger partial charge < -0.3 is 20.4 Å². The monoisotopic (exact) mass is 237 g/mol. The van der Waals surface area contributed by atoms with Crippen LogP contribution in [0.3, 0.4) is 0 Å². The van der Waals surface area contributed by atoms with Crippen LogP contribution in [0, 0.1) is 5.41 Å². The van der Waals surface area contributed by atoms with Gasteiger partial charge in [0.25, 0.3) is 0 Å². The number of nitrogens with one attached hydrogen (secondary N) is 1. The van der Waals surface area contributed by atoms with Crippen molar-refractivity contribution in [2.75, 3.05) is 33.4 Å². The van der Waals surface area contributed by atoms with Crippen LogP contribution in [0.2, 0.25) is 0 Å². The number of likely N-dealkylation sites (N-methyl/N-ethyl adjacent to an activating group) is 1. The maximum atomic E-state index is 12.2. The Morgan fingerprint density at radius 1 is 1.65 bits per heavy atom. The molecule has 1 fully saturated rings. The molecule has 0 bridgehead atoms. The van der Waals surface area contributed by atoms with E-state index < -0.39 is 5.41 Å². The van der Waals surface area contributed by atoms with Gasteiger partial charge in [-0.25, -0.2) is 0 Å². The first-order chi connectivity index (χ1) is 8.18. The van der Waals surface area contributed by atoms with Gasteiger partial charge in [-0.15, -0.1) is 0 Å². The van der Waals surface area contributed by atoms with Crippen LogP contribution in [-0.2, 0) is 16.0 Å². The number of aromatic nitrogens is 1. The lowest BCUT2D eigenvalue weighted by atomic mass is 9.84. The molecule has 0 unspecified atom stereocenters. The van der Waals surface area contributed by atoms with Crippen molar-refractivity contribution in [2.45, 2.75) is 6.42 Å². The zero-order valence-corrected chi connectivity index (χ0v) is 10.1. The van der Waals surface area contributed by atoms with Crippen LogP contribution in [0.4, 0.5) is 0 Å². The fourth-order valence-corrected chi connectivity index (χ4v) is 1.99. The highest BCUT2D eigenvalue weighted by Gasteiger charge is 2.46. The smallest absolute Gasteiger partial charge is 0.234 e. The van der Waals surface area contributed by atoms with E-state index in [2.05, 4.69) is 4.98 Å². The molecule has 1 aliphatic heterocycles. The zero-order chi connectivity index (χ0) is 12.3. The molecule has 5 heteroatoms. The number of nitrogens with two attached hydrogens (primary N) is 1. The van der Waals surface area contributed by atoms with Crippen molar-refractivity contribution in [3.05, 3.63) is 24.0 Å². The van der Waals surface area contributed by atoms with Gasteiger partial charge in [-0.05, 0) is 18.1 Å². The number of H-pyrrole nitrogens is 1. The molecule has 1 aliphatic rings. The molecule has 5 nitrogen and oxygen atoms in total. The largest absolute Gasteiger partial charge is 0.379 e. The van der Waals surface area contributed by atoms with Gasteiger partial charge in [0.15, 0.2) is 0 Å². The molecule has 0 aliphatic carbocycles. The Hall–Kier alpha value is -1.33. The first-order valence-corrected chi connectivity index (χ1v) is 5.83. The van der Waals surface area contributed by atoms with Crippen molar-refractivity contribution in [1.82, 2.24) is 9.88 Å². The highest BCUT2D eigenvalue weighted by atomic mass is 16.5. The van der Waals surface area contributed by atoms with Crippen LogP contribution < -0.4 is 5.73 Å². The van der Waals surface area contributed by atoms with E-state index in [0.717, 1.165) is 6.42 Å². The van der Waals surface area contributed by atoms with Crippen molar-refractivity contribution in [2.24, 2.45) is 11.1 Å². The molecule has 1 aromatic rings. The fraction of sp³-hybridized carbons (Fsp3) is 0.583. The molecule has 1 saturated heterocycles. The van der Waals surface area contributed by atoms with E-state index in [0.29, 0.717) is 26.3 Å². The summed E-state index contributed by atoms with van der Waals surface area (Å²) in [6.45, 7) is 1.98. The molecule has 0 saturated carbocycles. The van der Waals surface area contributed by atoms with Crippen molar-refractivity contribution >= 4 is 5.91 Å².